The third-order valence-electron chi connectivity index (χ3n) is 6.60. The van der Waals surface area contributed by atoms with Crippen molar-refractivity contribution < 1.29 is 23.8 Å². The van der Waals surface area contributed by atoms with Gasteiger partial charge >= 0.3 is 0 Å². The molecule has 1 saturated carbocycles. The van der Waals surface area contributed by atoms with Gasteiger partial charge in [0.2, 0.25) is 5.91 Å². The van der Waals surface area contributed by atoms with Crippen LogP contribution >= 0.6 is 0 Å². The molecule has 0 unspecified atom stereocenters. The van der Waals surface area contributed by atoms with Gasteiger partial charge in [-0.15, -0.1) is 5.10 Å². The van der Waals surface area contributed by atoms with Gasteiger partial charge in [0.1, 0.15) is 11.8 Å². The molecule has 36 heavy (non-hydrogen) atoms. The number of imidazole rings is 1. The summed E-state index contributed by atoms with van der Waals surface area (Å²) in [5.74, 6) is -3.18. The summed E-state index contributed by atoms with van der Waals surface area (Å²) in [5.41, 5.74) is 1.32. The summed E-state index contributed by atoms with van der Waals surface area (Å²) in [6, 6.07) is 2.69. The molecule has 14 heteroatoms. The zero-order chi connectivity index (χ0) is 25.7. The molecule has 0 radical (unpaired) electrons. The molecule has 12 nitrogen and oxygen atoms in total. The van der Waals surface area contributed by atoms with Crippen molar-refractivity contribution in [2.75, 3.05) is 19.4 Å². The van der Waals surface area contributed by atoms with Crippen molar-refractivity contribution in [3.8, 4) is 17.2 Å². The van der Waals surface area contributed by atoms with E-state index in [1.165, 1.54) is 30.3 Å². The topological polar surface area (TPSA) is 156 Å². The second kappa shape index (κ2) is 8.87. The van der Waals surface area contributed by atoms with E-state index in [4.69, 9.17) is 0 Å². The van der Waals surface area contributed by atoms with Gasteiger partial charge in [-0.05, 0) is 24.1 Å². The first-order valence-corrected chi connectivity index (χ1v) is 11.1. The highest BCUT2D eigenvalue weighted by Gasteiger charge is 2.51. The second-order valence-electron chi connectivity index (χ2n) is 8.59. The largest absolute Gasteiger partial charge is 0.390 e. The molecule has 1 amide bonds. The maximum Gasteiger partial charge on any atom is 0.256 e. The standard InChI is InChI=1S/C22H23F2N9O3/c1-9-14(21(36)26-3)17(34)18(35)16(9)32-8-27-15-19(25-2)28-22(29-20(15)32)33-7-13(30-31-33)10-4-5-11(23)12(24)6-10/h4-9,14,16-18,34-35H,1-3H3,(H,26,36)(H,25,28,29)/t9-,14-,16+,17+,18-/m0/s1. The number of aliphatic hydroxyl groups excluding tert-OH is 2. The Morgan fingerprint density at radius 3 is 2.58 bits per heavy atom. The van der Waals surface area contributed by atoms with Crippen molar-refractivity contribution in [1.82, 2.24) is 39.8 Å². The van der Waals surface area contributed by atoms with Crippen LogP contribution in [-0.2, 0) is 4.79 Å². The van der Waals surface area contributed by atoms with E-state index in [1.807, 2.05) is 0 Å². The summed E-state index contributed by atoms with van der Waals surface area (Å²) < 4.78 is 29.9. The average Bonchev–Trinajstić information content (AvgIpc) is 3.57. The molecular weight excluding hydrogens is 476 g/mol. The number of benzene rings is 1. The second-order valence-corrected chi connectivity index (χ2v) is 8.59. The summed E-state index contributed by atoms with van der Waals surface area (Å²) in [5, 5.41) is 34.9. The fourth-order valence-corrected chi connectivity index (χ4v) is 4.78. The normalized spacial score (nSPS) is 23.8. The van der Waals surface area contributed by atoms with Crippen molar-refractivity contribution in [1.29, 1.82) is 0 Å². The van der Waals surface area contributed by atoms with Crippen LogP contribution in [0.2, 0.25) is 0 Å². The molecule has 3 heterocycles. The molecule has 1 aromatic carbocycles. The van der Waals surface area contributed by atoms with Crippen molar-refractivity contribution in [2.24, 2.45) is 11.8 Å². The van der Waals surface area contributed by atoms with Gasteiger partial charge in [0.15, 0.2) is 28.6 Å². The predicted octanol–water partition coefficient (Wildman–Crippen LogP) is 0.669. The number of aromatic nitrogens is 7. The molecule has 0 bridgehead atoms. The minimum absolute atomic E-state index is 0.0958. The quantitative estimate of drug-likeness (QED) is 0.310. The fourth-order valence-electron chi connectivity index (χ4n) is 4.78. The van der Waals surface area contributed by atoms with Crippen LogP contribution in [0.4, 0.5) is 14.6 Å². The van der Waals surface area contributed by atoms with Gasteiger partial charge < -0.3 is 25.4 Å². The number of carbonyl (C=O) groups excluding carboxylic acids is 1. The number of amides is 1. The van der Waals surface area contributed by atoms with Gasteiger partial charge in [0, 0.05) is 19.7 Å². The van der Waals surface area contributed by atoms with Crippen molar-refractivity contribution in [3.63, 3.8) is 0 Å². The molecule has 0 aliphatic heterocycles. The molecule has 3 aromatic heterocycles. The molecule has 5 rings (SSSR count). The summed E-state index contributed by atoms with van der Waals surface area (Å²) in [7, 11) is 3.12. The van der Waals surface area contributed by atoms with Crippen LogP contribution in [0.1, 0.15) is 13.0 Å². The van der Waals surface area contributed by atoms with Crippen LogP contribution < -0.4 is 10.6 Å². The highest BCUT2D eigenvalue weighted by molar-refractivity contribution is 5.84. The highest BCUT2D eigenvalue weighted by atomic mass is 19.2. The minimum atomic E-state index is -1.28. The van der Waals surface area contributed by atoms with E-state index in [2.05, 4.69) is 35.9 Å². The van der Waals surface area contributed by atoms with Crippen molar-refractivity contribution in [2.45, 2.75) is 25.2 Å². The van der Waals surface area contributed by atoms with Crippen LogP contribution in [0.3, 0.4) is 0 Å². The van der Waals surface area contributed by atoms with Gasteiger partial charge in [-0.1, -0.05) is 12.1 Å². The van der Waals surface area contributed by atoms with Gasteiger partial charge in [0.25, 0.3) is 5.95 Å². The SMILES string of the molecule is CNC(=O)[C@H]1[C@H](C)[C@@H](n2cnc3c(NC)nc(-n4cc(-c5ccc(F)c(F)c5)nn4)nc32)[C@H](O)[C@@H]1O. The lowest BCUT2D eigenvalue weighted by Crippen LogP contribution is -2.37. The van der Waals surface area contributed by atoms with Gasteiger partial charge in [0.05, 0.1) is 30.6 Å². The summed E-state index contributed by atoms with van der Waals surface area (Å²) in [6.45, 7) is 1.77. The Bertz CT molecular complexity index is 1460. The predicted molar refractivity (Wildman–Crippen MR) is 123 cm³/mol. The molecule has 5 atom stereocenters. The summed E-state index contributed by atoms with van der Waals surface area (Å²) in [4.78, 5) is 25.7. The number of anilines is 1. The molecule has 1 fully saturated rings. The Morgan fingerprint density at radius 2 is 1.89 bits per heavy atom. The summed E-state index contributed by atoms with van der Waals surface area (Å²) in [6.07, 6.45) is 0.414. The van der Waals surface area contributed by atoms with Gasteiger partial charge in [-0.25, -0.2) is 13.8 Å². The Morgan fingerprint density at radius 1 is 1.11 bits per heavy atom. The number of hydrogen-bond acceptors (Lipinski definition) is 9. The van der Waals surface area contributed by atoms with Crippen LogP contribution in [0.25, 0.3) is 28.4 Å². The Labute approximate surface area is 203 Å². The van der Waals surface area contributed by atoms with Crippen LogP contribution in [0.15, 0.2) is 30.7 Å². The van der Waals surface area contributed by atoms with E-state index >= 15 is 0 Å². The Balaban J connectivity index is 1.58. The minimum Gasteiger partial charge on any atom is -0.390 e. The monoisotopic (exact) mass is 499 g/mol. The molecule has 4 aromatic rings. The number of carbonyl (C=O) groups is 1. The Kier molecular flexibility index (Phi) is 5.84. The highest BCUT2D eigenvalue weighted by Crippen LogP contribution is 2.42. The number of rotatable bonds is 5. The number of nitrogens with one attached hydrogen (secondary N) is 2. The zero-order valence-corrected chi connectivity index (χ0v) is 19.5. The zero-order valence-electron chi connectivity index (χ0n) is 19.5. The van der Waals surface area contributed by atoms with E-state index in [0.29, 0.717) is 22.5 Å². The van der Waals surface area contributed by atoms with Crippen LogP contribution in [0, 0.1) is 23.5 Å². The molecular formula is C22H23F2N9O3. The molecule has 0 spiro atoms. The van der Waals surface area contributed by atoms with Gasteiger partial charge in [-0.2, -0.15) is 14.6 Å². The van der Waals surface area contributed by atoms with Crippen molar-refractivity contribution >= 4 is 22.9 Å². The van der Waals surface area contributed by atoms with Crippen LogP contribution in [-0.4, -0.2) is 76.9 Å². The van der Waals surface area contributed by atoms with Gasteiger partial charge in [-0.3, -0.25) is 4.79 Å². The smallest absolute Gasteiger partial charge is 0.256 e. The molecule has 0 saturated heterocycles. The van der Waals surface area contributed by atoms with E-state index in [0.717, 1.165) is 12.1 Å². The van der Waals surface area contributed by atoms with E-state index in [-0.39, 0.29) is 17.5 Å². The van der Waals surface area contributed by atoms with E-state index in [9.17, 15) is 23.8 Å². The first-order valence-electron chi connectivity index (χ1n) is 11.1. The number of aliphatic hydroxyl groups is 2. The maximum atomic E-state index is 13.7. The lowest BCUT2D eigenvalue weighted by atomic mass is 9.94. The average molecular weight is 499 g/mol. The number of halogens is 2. The number of fused-ring (bicyclic) bond motifs is 1. The third kappa shape index (κ3) is 3.65. The molecule has 188 valence electrons. The molecule has 1 aliphatic rings. The first-order chi connectivity index (χ1) is 17.2. The third-order valence-corrected chi connectivity index (χ3v) is 6.60. The van der Waals surface area contributed by atoms with Crippen molar-refractivity contribution in [3.05, 3.63) is 42.4 Å². The van der Waals surface area contributed by atoms with Crippen LogP contribution in [0.5, 0.6) is 0 Å². The lowest BCUT2D eigenvalue weighted by molar-refractivity contribution is -0.129. The summed E-state index contributed by atoms with van der Waals surface area (Å²) >= 11 is 0. The number of nitrogens with zero attached hydrogens (tertiary/aromatic N) is 7. The molecule has 1 aliphatic carbocycles. The maximum absolute atomic E-state index is 13.7. The van der Waals surface area contributed by atoms with E-state index < -0.39 is 41.7 Å². The Hall–Kier alpha value is -4.04. The first kappa shape index (κ1) is 23.7. The fraction of sp³-hybridized carbons (Fsp3) is 0.364. The lowest BCUT2D eigenvalue weighted by Gasteiger charge is -2.22. The van der Waals surface area contributed by atoms with E-state index in [1.54, 1.807) is 18.5 Å². The molecule has 4 N–H and O–H groups in total. The number of hydrogen-bond donors (Lipinski definition) is 4.